The van der Waals surface area contributed by atoms with Crippen LogP contribution in [0.15, 0.2) is 48.5 Å². The number of carbonyl (C=O) groups is 1. The first kappa shape index (κ1) is 17.5. The first-order valence-electron chi connectivity index (χ1n) is 7.91. The van der Waals surface area contributed by atoms with E-state index in [1.54, 1.807) is 0 Å². The molecular weight excluding hydrogens is 308 g/mol. The Labute approximate surface area is 143 Å². The van der Waals surface area contributed by atoms with Crippen molar-refractivity contribution in [2.24, 2.45) is 0 Å². The molecule has 2 aromatic rings. The van der Waals surface area contributed by atoms with Gasteiger partial charge in [-0.25, -0.2) is 0 Å². The molecule has 0 atom stereocenters. The van der Waals surface area contributed by atoms with Crippen molar-refractivity contribution in [1.29, 1.82) is 0 Å². The number of carbonyl (C=O) groups excluding carboxylic acids is 1. The maximum Gasteiger partial charge on any atom is 0.221 e. The summed E-state index contributed by atoms with van der Waals surface area (Å²) in [5.74, 6) is 0.0799. The number of aryl methyl sites for hydroxylation is 1. The van der Waals surface area contributed by atoms with Crippen LogP contribution in [0.25, 0.3) is 0 Å². The average Bonchev–Trinajstić information content (AvgIpc) is 2.55. The molecule has 23 heavy (non-hydrogen) atoms. The first-order chi connectivity index (χ1) is 11.1. The minimum atomic E-state index is 0.0799. The molecule has 0 saturated carbocycles. The molecule has 2 aromatic carbocycles. The summed E-state index contributed by atoms with van der Waals surface area (Å²) in [7, 11) is 0. The molecule has 2 rings (SSSR count). The summed E-state index contributed by atoms with van der Waals surface area (Å²) in [6.07, 6.45) is 1.31. The van der Waals surface area contributed by atoms with Crippen LogP contribution in [0.3, 0.4) is 0 Å². The van der Waals surface area contributed by atoms with Crippen LogP contribution in [0, 0.1) is 6.92 Å². The minimum absolute atomic E-state index is 0.0799. The Hall–Kier alpha value is -1.84. The normalized spacial score (nSPS) is 10.5. The highest BCUT2D eigenvalue weighted by Gasteiger charge is 2.02. The Morgan fingerprint density at radius 2 is 1.78 bits per heavy atom. The number of hydrogen-bond acceptors (Lipinski definition) is 2. The third-order valence-corrected chi connectivity index (χ3v) is 4.01. The lowest BCUT2D eigenvalue weighted by atomic mass is 10.1. The number of amides is 1. The molecule has 0 aliphatic rings. The van der Waals surface area contributed by atoms with Crippen molar-refractivity contribution in [3.63, 3.8) is 0 Å². The van der Waals surface area contributed by atoms with E-state index in [0.29, 0.717) is 19.5 Å². The van der Waals surface area contributed by atoms with Crippen molar-refractivity contribution in [3.8, 4) is 0 Å². The average molecular weight is 331 g/mol. The lowest BCUT2D eigenvalue weighted by molar-refractivity contribution is -0.120. The molecule has 0 aliphatic heterocycles. The third kappa shape index (κ3) is 6.43. The maximum absolute atomic E-state index is 11.8. The van der Waals surface area contributed by atoms with E-state index in [4.69, 9.17) is 11.6 Å². The Bertz CT molecular complexity index is 626. The molecule has 0 unspecified atom stereocenters. The predicted molar refractivity (Wildman–Crippen MR) is 95.7 cm³/mol. The minimum Gasteiger partial charge on any atom is -0.356 e. The fourth-order valence-corrected chi connectivity index (χ4v) is 2.45. The van der Waals surface area contributed by atoms with Crippen molar-refractivity contribution in [2.45, 2.75) is 26.3 Å². The van der Waals surface area contributed by atoms with Crippen molar-refractivity contribution in [2.75, 3.05) is 13.1 Å². The third-order valence-electron chi connectivity index (χ3n) is 3.75. The zero-order chi connectivity index (χ0) is 16.5. The van der Waals surface area contributed by atoms with Gasteiger partial charge in [0.15, 0.2) is 0 Å². The molecule has 0 bridgehead atoms. The molecule has 0 radical (unpaired) electrons. The summed E-state index contributed by atoms with van der Waals surface area (Å²) >= 11 is 5.84. The van der Waals surface area contributed by atoms with Gasteiger partial charge in [0, 0.05) is 31.1 Å². The second-order valence-corrected chi connectivity index (χ2v) is 6.02. The monoisotopic (exact) mass is 330 g/mol. The number of hydrogen-bond donors (Lipinski definition) is 2. The van der Waals surface area contributed by atoms with Crippen molar-refractivity contribution < 1.29 is 4.79 Å². The van der Waals surface area contributed by atoms with Crippen molar-refractivity contribution in [3.05, 3.63) is 70.2 Å². The maximum atomic E-state index is 11.8. The number of halogens is 1. The lowest BCUT2D eigenvalue weighted by Gasteiger charge is -2.08. The molecule has 2 N–H and O–H groups in total. The summed E-state index contributed by atoms with van der Waals surface area (Å²) in [6, 6.07) is 16.0. The summed E-state index contributed by atoms with van der Waals surface area (Å²) in [6.45, 7) is 4.23. The molecule has 0 aliphatic carbocycles. The van der Waals surface area contributed by atoms with Crippen LogP contribution in [0.5, 0.6) is 0 Å². The quantitative estimate of drug-likeness (QED) is 0.727. The molecule has 1 amide bonds. The van der Waals surface area contributed by atoms with Gasteiger partial charge in [0.25, 0.3) is 0 Å². The highest BCUT2D eigenvalue weighted by Crippen LogP contribution is 2.09. The smallest absolute Gasteiger partial charge is 0.221 e. The van der Waals surface area contributed by atoms with Gasteiger partial charge < -0.3 is 10.6 Å². The Morgan fingerprint density at radius 3 is 2.52 bits per heavy atom. The van der Waals surface area contributed by atoms with Gasteiger partial charge in [-0.3, -0.25) is 4.79 Å². The number of benzene rings is 2. The van der Waals surface area contributed by atoms with E-state index in [0.717, 1.165) is 18.0 Å². The fraction of sp³-hybridized carbons (Fsp3) is 0.316. The van der Waals surface area contributed by atoms with Crippen LogP contribution in [0.2, 0.25) is 5.02 Å². The second kappa shape index (κ2) is 9.33. The van der Waals surface area contributed by atoms with E-state index in [2.05, 4.69) is 29.7 Å². The Kier molecular flexibility index (Phi) is 7.11. The first-order valence-corrected chi connectivity index (χ1v) is 8.29. The highest BCUT2D eigenvalue weighted by molar-refractivity contribution is 6.30. The second-order valence-electron chi connectivity index (χ2n) is 5.58. The SMILES string of the molecule is Cc1ccccc1CNCCC(=O)NCCc1ccc(Cl)cc1. The van der Waals surface area contributed by atoms with E-state index in [1.807, 2.05) is 36.4 Å². The zero-order valence-electron chi connectivity index (χ0n) is 13.4. The van der Waals surface area contributed by atoms with Crippen LogP contribution in [-0.2, 0) is 17.8 Å². The van der Waals surface area contributed by atoms with E-state index in [9.17, 15) is 4.79 Å². The largest absolute Gasteiger partial charge is 0.356 e. The molecule has 4 heteroatoms. The molecule has 122 valence electrons. The van der Waals surface area contributed by atoms with Crippen LogP contribution >= 0.6 is 11.6 Å². The van der Waals surface area contributed by atoms with Gasteiger partial charge >= 0.3 is 0 Å². The van der Waals surface area contributed by atoms with E-state index < -0.39 is 0 Å². The van der Waals surface area contributed by atoms with Crippen LogP contribution in [0.4, 0.5) is 0 Å². The van der Waals surface area contributed by atoms with Gasteiger partial charge in [0.05, 0.1) is 0 Å². The van der Waals surface area contributed by atoms with Crippen LogP contribution in [0.1, 0.15) is 23.1 Å². The standard InChI is InChI=1S/C19H23ClN2O/c1-15-4-2-3-5-17(15)14-21-12-11-19(23)22-13-10-16-6-8-18(20)9-7-16/h2-9,21H,10-14H2,1H3,(H,22,23). The van der Waals surface area contributed by atoms with Crippen molar-refractivity contribution >= 4 is 17.5 Å². The van der Waals surface area contributed by atoms with Gasteiger partial charge in [-0.15, -0.1) is 0 Å². The van der Waals surface area contributed by atoms with Crippen LogP contribution < -0.4 is 10.6 Å². The topological polar surface area (TPSA) is 41.1 Å². The Balaban J connectivity index is 1.58. The molecule has 0 fully saturated rings. The zero-order valence-corrected chi connectivity index (χ0v) is 14.2. The molecule has 0 spiro atoms. The predicted octanol–water partition coefficient (Wildman–Crippen LogP) is 3.49. The van der Waals surface area contributed by atoms with E-state index in [-0.39, 0.29) is 5.91 Å². The Morgan fingerprint density at radius 1 is 1.04 bits per heavy atom. The van der Waals surface area contributed by atoms with Crippen LogP contribution in [-0.4, -0.2) is 19.0 Å². The molecular formula is C19H23ClN2O. The lowest BCUT2D eigenvalue weighted by Crippen LogP contribution is -2.29. The summed E-state index contributed by atoms with van der Waals surface area (Å²) in [5, 5.41) is 6.99. The fourth-order valence-electron chi connectivity index (χ4n) is 2.32. The number of nitrogens with one attached hydrogen (secondary N) is 2. The highest BCUT2D eigenvalue weighted by atomic mass is 35.5. The summed E-state index contributed by atoms with van der Waals surface area (Å²) < 4.78 is 0. The van der Waals surface area contributed by atoms with Gasteiger partial charge in [0.2, 0.25) is 5.91 Å². The molecule has 0 heterocycles. The summed E-state index contributed by atoms with van der Waals surface area (Å²) in [5.41, 5.74) is 3.72. The van der Waals surface area contributed by atoms with Gasteiger partial charge in [-0.05, 0) is 42.2 Å². The van der Waals surface area contributed by atoms with E-state index in [1.165, 1.54) is 16.7 Å². The summed E-state index contributed by atoms with van der Waals surface area (Å²) in [4.78, 5) is 11.8. The van der Waals surface area contributed by atoms with Gasteiger partial charge in [-0.2, -0.15) is 0 Å². The van der Waals surface area contributed by atoms with Gasteiger partial charge in [-0.1, -0.05) is 48.0 Å². The van der Waals surface area contributed by atoms with Gasteiger partial charge in [0.1, 0.15) is 0 Å². The van der Waals surface area contributed by atoms with E-state index >= 15 is 0 Å². The molecule has 3 nitrogen and oxygen atoms in total. The number of rotatable bonds is 8. The molecule has 0 aromatic heterocycles. The molecule has 0 saturated heterocycles. The van der Waals surface area contributed by atoms with Crippen molar-refractivity contribution in [1.82, 2.24) is 10.6 Å².